The molecule has 0 saturated carbocycles. The van der Waals surface area contributed by atoms with Gasteiger partial charge in [-0.3, -0.25) is 4.79 Å². The molecule has 0 aliphatic rings. The van der Waals surface area contributed by atoms with E-state index in [4.69, 9.17) is 5.73 Å². The first-order valence-corrected chi connectivity index (χ1v) is 8.24. The van der Waals surface area contributed by atoms with Gasteiger partial charge in [0.2, 0.25) is 15.9 Å². The quantitative estimate of drug-likeness (QED) is 0.601. The standard InChI is InChI=1S/C9H21N3O3S2/c1-12(2)17(14,15)7-5-11-9(13)8(10)4-6-16-3/h8H,4-7,10H2,1-3H3,(H,11,13)/t8-/m1/s1. The molecule has 6 nitrogen and oxygen atoms in total. The van der Waals surface area contributed by atoms with E-state index in [-0.39, 0.29) is 18.2 Å². The van der Waals surface area contributed by atoms with E-state index in [1.807, 2.05) is 6.26 Å². The Labute approximate surface area is 107 Å². The number of hydrogen-bond acceptors (Lipinski definition) is 5. The summed E-state index contributed by atoms with van der Waals surface area (Å²) < 4.78 is 23.9. The maximum atomic E-state index is 11.5. The molecule has 3 N–H and O–H groups in total. The van der Waals surface area contributed by atoms with Gasteiger partial charge in [-0.25, -0.2) is 12.7 Å². The third-order valence-electron chi connectivity index (χ3n) is 2.19. The molecule has 0 rings (SSSR count). The molecule has 1 amide bonds. The number of nitrogens with zero attached hydrogens (tertiary/aromatic N) is 1. The van der Waals surface area contributed by atoms with E-state index in [0.717, 1.165) is 10.1 Å². The van der Waals surface area contributed by atoms with Gasteiger partial charge in [0.15, 0.2) is 0 Å². The van der Waals surface area contributed by atoms with Gasteiger partial charge in [0.1, 0.15) is 0 Å². The van der Waals surface area contributed by atoms with Crippen LogP contribution in [-0.2, 0) is 14.8 Å². The van der Waals surface area contributed by atoms with Gasteiger partial charge in [-0.2, -0.15) is 11.8 Å². The molecular formula is C9H21N3O3S2. The molecule has 0 radical (unpaired) electrons. The van der Waals surface area contributed by atoms with Gasteiger partial charge in [0.25, 0.3) is 0 Å². The fraction of sp³-hybridized carbons (Fsp3) is 0.889. The number of nitrogens with one attached hydrogen (secondary N) is 1. The summed E-state index contributed by atoms with van der Waals surface area (Å²) in [4.78, 5) is 11.5. The van der Waals surface area contributed by atoms with Crippen molar-refractivity contribution < 1.29 is 13.2 Å². The molecular weight excluding hydrogens is 262 g/mol. The molecule has 17 heavy (non-hydrogen) atoms. The van der Waals surface area contributed by atoms with Crippen molar-refractivity contribution in [1.29, 1.82) is 0 Å². The Hall–Kier alpha value is -0.310. The molecule has 0 heterocycles. The number of carbonyl (C=O) groups excluding carboxylic acids is 1. The summed E-state index contributed by atoms with van der Waals surface area (Å²) >= 11 is 1.62. The lowest BCUT2D eigenvalue weighted by Crippen LogP contribution is -2.43. The van der Waals surface area contributed by atoms with E-state index < -0.39 is 16.1 Å². The average Bonchev–Trinajstić information content (AvgIpc) is 2.25. The average molecular weight is 283 g/mol. The van der Waals surface area contributed by atoms with Crippen LogP contribution < -0.4 is 11.1 Å². The molecule has 0 aromatic carbocycles. The Morgan fingerprint density at radius 1 is 1.47 bits per heavy atom. The lowest BCUT2D eigenvalue weighted by Gasteiger charge is -2.13. The highest BCUT2D eigenvalue weighted by molar-refractivity contribution is 7.98. The number of sulfonamides is 1. The summed E-state index contributed by atoms with van der Waals surface area (Å²) in [6.07, 6.45) is 2.53. The van der Waals surface area contributed by atoms with Crippen molar-refractivity contribution in [2.45, 2.75) is 12.5 Å². The highest BCUT2D eigenvalue weighted by Crippen LogP contribution is 1.98. The smallest absolute Gasteiger partial charge is 0.236 e. The second kappa shape index (κ2) is 7.91. The maximum absolute atomic E-state index is 11.5. The second-order valence-electron chi connectivity index (χ2n) is 3.78. The Bertz CT molecular complexity index is 330. The van der Waals surface area contributed by atoms with Crippen molar-refractivity contribution in [3.63, 3.8) is 0 Å². The number of carbonyl (C=O) groups is 1. The number of rotatable bonds is 8. The van der Waals surface area contributed by atoms with Crippen molar-refractivity contribution >= 4 is 27.7 Å². The molecule has 0 bridgehead atoms. The Morgan fingerprint density at radius 3 is 2.53 bits per heavy atom. The molecule has 0 fully saturated rings. The fourth-order valence-corrected chi connectivity index (χ4v) is 2.21. The Morgan fingerprint density at radius 2 is 2.06 bits per heavy atom. The van der Waals surface area contributed by atoms with E-state index in [0.29, 0.717) is 6.42 Å². The molecule has 0 aliphatic heterocycles. The van der Waals surface area contributed by atoms with Crippen LogP contribution in [-0.4, -0.2) is 63.1 Å². The number of nitrogens with two attached hydrogens (primary N) is 1. The summed E-state index contributed by atoms with van der Waals surface area (Å²) in [5, 5.41) is 2.52. The zero-order chi connectivity index (χ0) is 13.5. The summed E-state index contributed by atoms with van der Waals surface area (Å²) in [6.45, 7) is 0.0896. The largest absolute Gasteiger partial charge is 0.354 e. The predicted molar refractivity (Wildman–Crippen MR) is 71.5 cm³/mol. The summed E-state index contributed by atoms with van der Waals surface area (Å²) in [6, 6.07) is -0.565. The normalized spacial score (nSPS) is 13.7. The van der Waals surface area contributed by atoms with Crippen LogP contribution in [0.5, 0.6) is 0 Å². The van der Waals surface area contributed by atoms with Crippen LogP contribution in [0.15, 0.2) is 0 Å². The molecule has 0 saturated heterocycles. The first-order valence-electron chi connectivity index (χ1n) is 5.23. The Balaban J connectivity index is 3.93. The summed E-state index contributed by atoms with van der Waals surface area (Å²) in [7, 11) is -0.343. The molecule has 0 aromatic heterocycles. The van der Waals surface area contributed by atoms with Crippen LogP contribution in [0, 0.1) is 0 Å². The van der Waals surface area contributed by atoms with E-state index in [1.54, 1.807) is 11.8 Å². The van der Waals surface area contributed by atoms with Crippen molar-refractivity contribution in [1.82, 2.24) is 9.62 Å². The van der Waals surface area contributed by atoms with Crippen LogP contribution >= 0.6 is 11.8 Å². The van der Waals surface area contributed by atoms with Crippen molar-refractivity contribution in [2.75, 3.05) is 38.4 Å². The molecule has 8 heteroatoms. The highest BCUT2D eigenvalue weighted by Gasteiger charge is 2.16. The van der Waals surface area contributed by atoms with Crippen molar-refractivity contribution in [3.05, 3.63) is 0 Å². The highest BCUT2D eigenvalue weighted by atomic mass is 32.2. The van der Waals surface area contributed by atoms with Crippen LogP contribution in [0.3, 0.4) is 0 Å². The molecule has 1 atom stereocenters. The van der Waals surface area contributed by atoms with Gasteiger partial charge < -0.3 is 11.1 Å². The zero-order valence-corrected chi connectivity index (χ0v) is 12.1. The Kier molecular flexibility index (Phi) is 7.77. The summed E-state index contributed by atoms with van der Waals surface area (Å²) in [5.41, 5.74) is 5.63. The minimum Gasteiger partial charge on any atom is -0.354 e. The van der Waals surface area contributed by atoms with Gasteiger partial charge >= 0.3 is 0 Å². The van der Waals surface area contributed by atoms with E-state index in [2.05, 4.69) is 5.32 Å². The first-order chi connectivity index (χ1) is 7.81. The maximum Gasteiger partial charge on any atom is 0.236 e. The summed E-state index contributed by atoms with van der Waals surface area (Å²) in [5.74, 6) is 0.402. The molecule has 102 valence electrons. The number of thioether (sulfide) groups is 1. The fourth-order valence-electron chi connectivity index (χ4n) is 0.993. The molecule has 0 aromatic rings. The monoisotopic (exact) mass is 283 g/mol. The third-order valence-corrected chi connectivity index (χ3v) is 4.66. The SMILES string of the molecule is CSCC[C@@H](N)C(=O)NCCS(=O)(=O)N(C)C. The van der Waals surface area contributed by atoms with Crippen molar-refractivity contribution in [2.24, 2.45) is 5.73 Å². The minimum atomic E-state index is -3.26. The lowest BCUT2D eigenvalue weighted by molar-refractivity contribution is -0.122. The third kappa shape index (κ3) is 6.87. The molecule has 0 spiro atoms. The predicted octanol–water partition coefficient (Wildman–Crippen LogP) is -0.926. The van der Waals surface area contributed by atoms with Crippen LogP contribution in [0.1, 0.15) is 6.42 Å². The van der Waals surface area contributed by atoms with E-state index >= 15 is 0 Å². The van der Waals surface area contributed by atoms with Crippen LogP contribution in [0.4, 0.5) is 0 Å². The van der Waals surface area contributed by atoms with Gasteiger partial charge in [-0.1, -0.05) is 0 Å². The van der Waals surface area contributed by atoms with Crippen LogP contribution in [0.25, 0.3) is 0 Å². The lowest BCUT2D eigenvalue weighted by atomic mass is 10.2. The zero-order valence-electron chi connectivity index (χ0n) is 10.5. The van der Waals surface area contributed by atoms with Gasteiger partial charge in [0.05, 0.1) is 11.8 Å². The van der Waals surface area contributed by atoms with Gasteiger partial charge in [0, 0.05) is 20.6 Å². The van der Waals surface area contributed by atoms with Crippen LogP contribution in [0.2, 0.25) is 0 Å². The van der Waals surface area contributed by atoms with Crippen molar-refractivity contribution in [3.8, 4) is 0 Å². The molecule has 0 unspecified atom stereocenters. The minimum absolute atomic E-state index is 0.0896. The van der Waals surface area contributed by atoms with Gasteiger partial charge in [-0.15, -0.1) is 0 Å². The number of hydrogen-bond donors (Lipinski definition) is 2. The van der Waals surface area contributed by atoms with E-state index in [9.17, 15) is 13.2 Å². The second-order valence-corrected chi connectivity index (χ2v) is 7.07. The molecule has 0 aliphatic carbocycles. The topological polar surface area (TPSA) is 92.5 Å². The first kappa shape index (κ1) is 16.7. The van der Waals surface area contributed by atoms with Gasteiger partial charge in [-0.05, 0) is 18.4 Å². The van der Waals surface area contributed by atoms with E-state index in [1.165, 1.54) is 14.1 Å². The number of amides is 1.